The van der Waals surface area contributed by atoms with Crippen LogP contribution in [-0.2, 0) is 17.9 Å². The maximum Gasteiger partial charge on any atom is 0.278 e. The Morgan fingerprint density at radius 3 is 2.58 bits per heavy atom. The molecule has 0 spiro atoms. The molecule has 0 saturated heterocycles. The molecule has 0 saturated carbocycles. The number of Topliss-reactive ketones (excluding diaryl/α,β-unsaturated/α-hetero) is 1. The van der Waals surface area contributed by atoms with E-state index in [9.17, 15) is 14.4 Å². The number of methoxy groups -OCH3 is 1. The average molecular weight is 486 g/mol. The van der Waals surface area contributed by atoms with Gasteiger partial charge in [0.15, 0.2) is 11.6 Å². The molecule has 1 amide bonds. The number of ether oxygens (including phenoxy) is 1. The Kier molecular flexibility index (Phi) is 5.80. The molecule has 5 aromatic rings. The molecule has 5 rings (SSSR count). The number of carbonyl (C=O) groups excluding carboxylic acids is 2. The standard InChI is InChI=1S/C25H22N6O5/c1-14(32)16-4-6-17(7-5-16)28-21(33)11-31-20-9-8-18(35-3)10-19(20)23-24(31)25(34)30(13-26-23)12-22-27-15(2)29-36-22/h4-10,13H,11-12H2,1-3H3,(H,28,33). The number of aryl methyl sites for hydroxylation is 1. The van der Waals surface area contributed by atoms with Gasteiger partial charge in [0.25, 0.3) is 5.56 Å². The SMILES string of the molecule is COc1ccc2c(c1)c1ncn(Cc3nc(C)no3)c(=O)c1n2CC(=O)Nc1ccc(C(C)=O)cc1. The highest BCUT2D eigenvalue weighted by molar-refractivity contribution is 6.07. The predicted octanol–water partition coefficient (Wildman–Crippen LogP) is 2.94. The number of nitrogens with zero attached hydrogens (tertiary/aromatic N) is 5. The number of benzene rings is 2. The van der Waals surface area contributed by atoms with Crippen LogP contribution >= 0.6 is 0 Å². The van der Waals surface area contributed by atoms with Crippen LogP contribution in [0.2, 0.25) is 0 Å². The summed E-state index contributed by atoms with van der Waals surface area (Å²) in [6.45, 7) is 3.07. The van der Waals surface area contributed by atoms with Crippen LogP contribution in [0.25, 0.3) is 21.9 Å². The lowest BCUT2D eigenvalue weighted by Crippen LogP contribution is -2.25. The Morgan fingerprint density at radius 2 is 1.92 bits per heavy atom. The van der Waals surface area contributed by atoms with E-state index in [1.54, 1.807) is 61.1 Å². The third kappa shape index (κ3) is 4.22. The van der Waals surface area contributed by atoms with Gasteiger partial charge in [-0.25, -0.2) is 4.98 Å². The van der Waals surface area contributed by atoms with Crippen LogP contribution < -0.4 is 15.6 Å². The molecule has 3 heterocycles. The fraction of sp³-hybridized carbons (Fsp3) is 0.200. The molecular formula is C25H22N6O5. The number of carbonyl (C=O) groups is 2. The third-order valence-electron chi connectivity index (χ3n) is 5.79. The Morgan fingerprint density at radius 1 is 1.14 bits per heavy atom. The molecule has 36 heavy (non-hydrogen) atoms. The zero-order chi connectivity index (χ0) is 25.4. The first-order valence-electron chi connectivity index (χ1n) is 11.1. The zero-order valence-corrected chi connectivity index (χ0v) is 19.8. The number of aromatic nitrogens is 5. The second-order valence-electron chi connectivity index (χ2n) is 8.26. The second kappa shape index (κ2) is 9.10. The van der Waals surface area contributed by atoms with Gasteiger partial charge in [0.1, 0.15) is 29.9 Å². The fourth-order valence-corrected chi connectivity index (χ4v) is 4.07. The van der Waals surface area contributed by atoms with Crippen molar-refractivity contribution in [1.82, 2.24) is 24.3 Å². The molecule has 0 bridgehead atoms. The lowest BCUT2D eigenvalue weighted by atomic mass is 10.1. The van der Waals surface area contributed by atoms with Gasteiger partial charge in [0.05, 0.1) is 19.0 Å². The lowest BCUT2D eigenvalue weighted by Gasteiger charge is -2.10. The van der Waals surface area contributed by atoms with Crippen molar-refractivity contribution in [2.45, 2.75) is 26.9 Å². The smallest absolute Gasteiger partial charge is 0.278 e. The van der Waals surface area contributed by atoms with Crippen LogP contribution in [0.1, 0.15) is 29.0 Å². The molecule has 0 aliphatic heterocycles. The fourth-order valence-electron chi connectivity index (χ4n) is 4.07. The number of ketones is 1. The van der Waals surface area contributed by atoms with E-state index in [1.165, 1.54) is 17.8 Å². The normalized spacial score (nSPS) is 11.2. The third-order valence-corrected chi connectivity index (χ3v) is 5.79. The Bertz CT molecular complexity index is 1680. The number of anilines is 1. The van der Waals surface area contributed by atoms with Crippen LogP contribution in [0.5, 0.6) is 5.75 Å². The van der Waals surface area contributed by atoms with Crippen molar-refractivity contribution in [2.75, 3.05) is 12.4 Å². The summed E-state index contributed by atoms with van der Waals surface area (Å²) in [6.07, 6.45) is 1.42. The van der Waals surface area contributed by atoms with Crippen LogP contribution in [0.3, 0.4) is 0 Å². The van der Waals surface area contributed by atoms with Crippen molar-refractivity contribution >= 4 is 39.3 Å². The largest absolute Gasteiger partial charge is 0.497 e. The maximum atomic E-state index is 13.5. The van der Waals surface area contributed by atoms with E-state index >= 15 is 0 Å². The van der Waals surface area contributed by atoms with E-state index in [4.69, 9.17) is 9.26 Å². The van der Waals surface area contributed by atoms with E-state index in [2.05, 4.69) is 20.4 Å². The maximum absolute atomic E-state index is 13.5. The van der Waals surface area contributed by atoms with Crippen molar-refractivity contribution in [3.8, 4) is 5.75 Å². The van der Waals surface area contributed by atoms with Crippen molar-refractivity contribution in [3.05, 3.63) is 76.4 Å². The average Bonchev–Trinajstić information content (AvgIpc) is 3.41. The molecule has 1 N–H and O–H groups in total. The van der Waals surface area contributed by atoms with E-state index in [0.29, 0.717) is 39.2 Å². The molecule has 2 aromatic carbocycles. The Hall–Kier alpha value is -4.80. The van der Waals surface area contributed by atoms with E-state index in [1.807, 2.05) is 0 Å². The monoisotopic (exact) mass is 486 g/mol. The van der Waals surface area contributed by atoms with E-state index in [-0.39, 0.29) is 41.7 Å². The number of hydrogen-bond donors (Lipinski definition) is 1. The number of rotatable bonds is 7. The van der Waals surface area contributed by atoms with Crippen molar-refractivity contribution in [2.24, 2.45) is 0 Å². The van der Waals surface area contributed by atoms with Gasteiger partial charge in [-0.15, -0.1) is 0 Å². The molecule has 11 nitrogen and oxygen atoms in total. The molecule has 182 valence electrons. The van der Waals surface area contributed by atoms with Gasteiger partial charge in [0, 0.05) is 16.6 Å². The molecule has 0 aliphatic carbocycles. The number of amides is 1. The van der Waals surface area contributed by atoms with Crippen LogP contribution in [-0.4, -0.2) is 43.1 Å². The van der Waals surface area contributed by atoms with Gasteiger partial charge in [0.2, 0.25) is 11.8 Å². The molecule has 0 unspecified atom stereocenters. The Balaban J connectivity index is 1.56. The summed E-state index contributed by atoms with van der Waals surface area (Å²) in [5, 5.41) is 7.26. The minimum absolute atomic E-state index is 0.0438. The first-order valence-corrected chi connectivity index (χ1v) is 11.1. The minimum Gasteiger partial charge on any atom is -0.497 e. The summed E-state index contributed by atoms with van der Waals surface area (Å²) in [6, 6.07) is 11.9. The molecule has 0 aliphatic rings. The van der Waals surface area contributed by atoms with Gasteiger partial charge >= 0.3 is 0 Å². The molecule has 0 atom stereocenters. The summed E-state index contributed by atoms with van der Waals surface area (Å²) >= 11 is 0. The van der Waals surface area contributed by atoms with Gasteiger partial charge in [-0.3, -0.25) is 19.0 Å². The van der Waals surface area contributed by atoms with Crippen LogP contribution in [0, 0.1) is 6.92 Å². The first-order chi connectivity index (χ1) is 17.3. The van der Waals surface area contributed by atoms with E-state index < -0.39 is 0 Å². The quantitative estimate of drug-likeness (QED) is 0.347. The zero-order valence-electron chi connectivity index (χ0n) is 19.8. The lowest BCUT2D eigenvalue weighted by molar-refractivity contribution is -0.116. The van der Waals surface area contributed by atoms with Crippen LogP contribution in [0.4, 0.5) is 5.69 Å². The molecule has 0 radical (unpaired) electrons. The first kappa shape index (κ1) is 23.0. The summed E-state index contributed by atoms with van der Waals surface area (Å²) in [5.74, 6) is 0.924. The summed E-state index contributed by atoms with van der Waals surface area (Å²) in [4.78, 5) is 46.7. The van der Waals surface area contributed by atoms with Gasteiger partial charge in [-0.1, -0.05) is 5.16 Å². The summed E-state index contributed by atoms with van der Waals surface area (Å²) in [5.41, 5.74) is 2.10. The van der Waals surface area contributed by atoms with Crippen molar-refractivity contribution in [3.63, 3.8) is 0 Å². The molecule has 0 fully saturated rings. The predicted molar refractivity (Wildman–Crippen MR) is 131 cm³/mol. The Labute approximate surface area is 204 Å². The van der Waals surface area contributed by atoms with Gasteiger partial charge < -0.3 is 19.1 Å². The highest BCUT2D eigenvalue weighted by Crippen LogP contribution is 2.29. The highest BCUT2D eigenvalue weighted by atomic mass is 16.5. The van der Waals surface area contributed by atoms with Crippen molar-refractivity contribution < 1.29 is 18.8 Å². The number of fused-ring (bicyclic) bond motifs is 3. The second-order valence-corrected chi connectivity index (χ2v) is 8.26. The summed E-state index contributed by atoms with van der Waals surface area (Å²) in [7, 11) is 1.55. The topological polar surface area (TPSA) is 134 Å². The van der Waals surface area contributed by atoms with Gasteiger partial charge in [-0.05, 0) is 56.3 Å². The van der Waals surface area contributed by atoms with Gasteiger partial charge in [-0.2, -0.15) is 4.98 Å². The van der Waals surface area contributed by atoms with Crippen LogP contribution in [0.15, 0.2) is 58.1 Å². The number of hydrogen-bond acceptors (Lipinski definition) is 8. The molecular weight excluding hydrogens is 464 g/mol. The molecule has 3 aromatic heterocycles. The minimum atomic E-state index is -0.357. The van der Waals surface area contributed by atoms with Crippen molar-refractivity contribution in [1.29, 1.82) is 0 Å². The number of nitrogens with one attached hydrogen (secondary N) is 1. The molecule has 11 heteroatoms. The highest BCUT2D eigenvalue weighted by Gasteiger charge is 2.20. The van der Waals surface area contributed by atoms with E-state index in [0.717, 1.165) is 0 Å². The summed E-state index contributed by atoms with van der Waals surface area (Å²) < 4.78 is 13.5.